The largest absolute Gasteiger partial charge is 0.492 e. The summed E-state index contributed by atoms with van der Waals surface area (Å²) in [6, 6.07) is 6.93. The minimum Gasteiger partial charge on any atom is -0.492 e. The third-order valence-corrected chi connectivity index (χ3v) is 9.78. The maximum atomic E-state index is 13.6. The predicted octanol–water partition coefficient (Wildman–Crippen LogP) is 3.49. The lowest BCUT2D eigenvalue weighted by atomic mass is 10.1. The standard InChI is InChI=1S/C41H68N4O20P2/c1-3-6-54-11-13-57-17-19-59-21-24-63-38-30-36(41(46)43-4-8-62-37-28-34(32-66(47,48)49)27-35(29-37)33-67(50,51)52)31-39(40(38)65-26-23-61-14-12-55-7-5-44-45-42)64-25-22-60-20-18-58-16-15-56-10-9-53-2/h27-31H,3-26,32-33H2,1-2H3,(H,43,46)(H2,47,48,49)(H2,50,51,52). The predicted molar refractivity (Wildman–Crippen MR) is 241 cm³/mol. The lowest BCUT2D eigenvalue weighted by molar-refractivity contribution is -0.0000432. The summed E-state index contributed by atoms with van der Waals surface area (Å²) < 4.78 is 96.6. The number of azide groups is 1. The van der Waals surface area contributed by atoms with Crippen LogP contribution < -0.4 is 24.3 Å². The molecule has 0 heterocycles. The van der Waals surface area contributed by atoms with E-state index in [0.29, 0.717) is 66.1 Å². The van der Waals surface area contributed by atoms with Crippen LogP contribution in [-0.2, 0) is 64.1 Å². The van der Waals surface area contributed by atoms with Crippen molar-refractivity contribution in [1.82, 2.24) is 5.32 Å². The molecule has 2 rings (SSSR count). The van der Waals surface area contributed by atoms with E-state index < -0.39 is 33.4 Å². The number of benzene rings is 2. The number of amides is 1. The van der Waals surface area contributed by atoms with Crippen molar-refractivity contribution in [2.75, 3.05) is 159 Å². The Hall–Kier alpha value is -3.64. The van der Waals surface area contributed by atoms with Gasteiger partial charge in [-0.05, 0) is 47.3 Å². The lowest BCUT2D eigenvalue weighted by Gasteiger charge is -2.19. The zero-order valence-corrected chi connectivity index (χ0v) is 40.1. The van der Waals surface area contributed by atoms with Gasteiger partial charge in [-0.25, -0.2) is 0 Å². The molecule has 0 atom stereocenters. The first-order valence-corrected chi connectivity index (χ1v) is 25.3. The molecule has 0 saturated carbocycles. The number of carbonyl (C=O) groups is 1. The minimum absolute atomic E-state index is 0.0518. The van der Waals surface area contributed by atoms with Gasteiger partial charge in [0.15, 0.2) is 11.5 Å². The SMILES string of the molecule is CCCOCCOCCOCCOc1cc(C(=O)NCCOc2cc(CP(=O)(O)O)cc(CP(=O)(O)O)c2)cc(OCCOCCOCCOCCOC)c1OCCOCCOCCN=[N+]=[N-]. The summed E-state index contributed by atoms with van der Waals surface area (Å²) in [5, 5.41) is 6.15. The van der Waals surface area contributed by atoms with E-state index in [1.165, 1.54) is 30.3 Å². The Morgan fingerprint density at radius 1 is 0.567 bits per heavy atom. The first kappa shape index (κ1) is 59.5. The zero-order chi connectivity index (χ0) is 48.9. The molecule has 0 unspecified atom stereocenters. The second-order valence-electron chi connectivity index (χ2n) is 13.9. The van der Waals surface area contributed by atoms with Crippen molar-refractivity contribution in [3.05, 3.63) is 57.5 Å². The van der Waals surface area contributed by atoms with Crippen LogP contribution in [0.4, 0.5) is 0 Å². The second-order valence-corrected chi connectivity index (χ2v) is 17.2. The van der Waals surface area contributed by atoms with Crippen molar-refractivity contribution in [2.24, 2.45) is 5.11 Å². The molecule has 0 bridgehead atoms. The number of rotatable bonds is 44. The molecule has 2 aromatic carbocycles. The highest BCUT2D eigenvalue weighted by Gasteiger charge is 2.21. The van der Waals surface area contributed by atoms with Gasteiger partial charge in [0, 0.05) is 30.7 Å². The summed E-state index contributed by atoms with van der Waals surface area (Å²) in [6.07, 6.45) is -0.421. The van der Waals surface area contributed by atoms with Gasteiger partial charge in [0.2, 0.25) is 5.75 Å². The summed E-state index contributed by atoms with van der Waals surface area (Å²) in [5.74, 6) is 0.0422. The van der Waals surface area contributed by atoms with Gasteiger partial charge in [-0.15, -0.1) is 0 Å². The third-order valence-electron chi connectivity index (χ3n) is 8.23. The number of methoxy groups -OCH3 is 1. The quantitative estimate of drug-likeness (QED) is 0.0209. The summed E-state index contributed by atoms with van der Waals surface area (Å²) in [6.45, 7) is 8.10. The van der Waals surface area contributed by atoms with Crippen LogP contribution in [0.3, 0.4) is 0 Å². The minimum atomic E-state index is -4.52. The van der Waals surface area contributed by atoms with Gasteiger partial charge >= 0.3 is 15.2 Å². The monoisotopic (exact) mass is 998 g/mol. The molecule has 5 N–H and O–H groups in total. The van der Waals surface area contributed by atoms with Crippen molar-refractivity contribution in [3.8, 4) is 23.0 Å². The van der Waals surface area contributed by atoms with Crippen molar-refractivity contribution >= 4 is 21.1 Å². The summed E-state index contributed by atoms with van der Waals surface area (Å²) >= 11 is 0. The Balaban J connectivity index is 2.18. The Morgan fingerprint density at radius 3 is 1.42 bits per heavy atom. The Bertz CT molecular complexity index is 1740. The molecule has 0 fully saturated rings. The highest BCUT2D eigenvalue weighted by atomic mass is 31.2. The van der Waals surface area contributed by atoms with Crippen LogP contribution in [0.25, 0.3) is 10.4 Å². The molecule has 24 nitrogen and oxygen atoms in total. The van der Waals surface area contributed by atoms with Crippen LogP contribution >= 0.6 is 15.2 Å². The lowest BCUT2D eigenvalue weighted by Crippen LogP contribution is -2.28. The molecule has 0 aliphatic rings. The van der Waals surface area contributed by atoms with Crippen molar-refractivity contribution in [3.63, 3.8) is 0 Å². The van der Waals surface area contributed by atoms with Gasteiger partial charge < -0.3 is 86.5 Å². The molecule has 0 aliphatic carbocycles. The number of hydrogen-bond donors (Lipinski definition) is 5. The van der Waals surface area contributed by atoms with Gasteiger partial charge in [0.1, 0.15) is 32.2 Å². The number of carbonyl (C=O) groups excluding carboxylic acids is 1. The van der Waals surface area contributed by atoms with Crippen LogP contribution in [0.5, 0.6) is 23.0 Å². The van der Waals surface area contributed by atoms with Gasteiger partial charge in [-0.2, -0.15) is 0 Å². The topological polar surface area (TPSA) is 313 Å². The molecular formula is C41H68N4O20P2. The van der Waals surface area contributed by atoms with Crippen molar-refractivity contribution in [1.29, 1.82) is 0 Å². The van der Waals surface area contributed by atoms with E-state index in [1.54, 1.807) is 7.11 Å². The maximum absolute atomic E-state index is 13.6. The summed E-state index contributed by atoms with van der Waals surface area (Å²) in [7, 11) is -7.44. The van der Waals surface area contributed by atoms with Crippen molar-refractivity contribution in [2.45, 2.75) is 25.7 Å². The van der Waals surface area contributed by atoms with Gasteiger partial charge in [0.05, 0.1) is 125 Å². The van der Waals surface area contributed by atoms with E-state index in [2.05, 4.69) is 15.3 Å². The Labute approximate surface area is 390 Å². The zero-order valence-electron chi connectivity index (χ0n) is 38.3. The Kier molecular flexibility index (Phi) is 33.1. The van der Waals surface area contributed by atoms with E-state index in [1.807, 2.05) is 6.92 Å². The van der Waals surface area contributed by atoms with Gasteiger partial charge in [-0.3, -0.25) is 13.9 Å². The fourth-order valence-corrected chi connectivity index (χ4v) is 6.75. The van der Waals surface area contributed by atoms with Crippen LogP contribution in [-0.4, -0.2) is 184 Å². The highest BCUT2D eigenvalue weighted by molar-refractivity contribution is 7.51. The number of nitrogens with one attached hydrogen (secondary N) is 1. The average Bonchev–Trinajstić information content (AvgIpc) is 3.27. The number of nitrogens with zero attached hydrogens (tertiary/aromatic N) is 3. The second kappa shape index (κ2) is 37.3. The number of ether oxygens (including phenoxy) is 13. The molecule has 0 radical (unpaired) electrons. The summed E-state index contributed by atoms with van der Waals surface area (Å²) in [4.78, 5) is 54.3. The molecule has 0 saturated heterocycles. The highest BCUT2D eigenvalue weighted by Crippen LogP contribution is 2.43. The van der Waals surface area contributed by atoms with Gasteiger partial charge in [0.25, 0.3) is 5.91 Å². The van der Waals surface area contributed by atoms with E-state index in [9.17, 15) is 33.5 Å². The molecule has 26 heteroatoms. The van der Waals surface area contributed by atoms with E-state index >= 15 is 0 Å². The van der Waals surface area contributed by atoms with E-state index in [0.717, 1.165) is 6.42 Å². The normalized spacial score (nSPS) is 11.6. The van der Waals surface area contributed by atoms with Crippen LogP contribution in [0, 0.1) is 0 Å². The molecule has 67 heavy (non-hydrogen) atoms. The smallest absolute Gasteiger partial charge is 0.329 e. The average molecular weight is 999 g/mol. The Morgan fingerprint density at radius 2 is 0.985 bits per heavy atom. The first-order chi connectivity index (χ1) is 32.3. The van der Waals surface area contributed by atoms with Crippen molar-refractivity contribution < 1.29 is 95.1 Å². The fraction of sp³-hybridized carbons (Fsp3) is 0.683. The van der Waals surface area contributed by atoms with Gasteiger partial charge in [-0.1, -0.05) is 18.1 Å². The van der Waals surface area contributed by atoms with E-state index in [-0.39, 0.29) is 125 Å². The molecule has 0 aliphatic heterocycles. The molecule has 382 valence electrons. The molecule has 0 spiro atoms. The van der Waals surface area contributed by atoms with E-state index in [4.69, 9.17) is 67.1 Å². The van der Waals surface area contributed by atoms with Crippen LogP contribution in [0.2, 0.25) is 0 Å². The maximum Gasteiger partial charge on any atom is 0.329 e. The molecular weight excluding hydrogens is 930 g/mol. The summed E-state index contributed by atoms with van der Waals surface area (Å²) in [5.41, 5.74) is 8.76. The molecule has 0 aromatic heterocycles. The fourth-order valence-electron chi connectivity index (χ4n) is 5.44. The molecule has 2 aromatic rings. The van der Waals surface area contributed by atoms with Crippen LogP contribution in [0.15, 0.2) is 35.4 Å². The first-order valence-electron chi connectivity index (χ1n) is 21.7. The third kappa shape index (κ3) is 31.9. The molecule has 1 amide bonds. The number of hydrogen-bond acceptors (Lipinski definition) is 17. The van der Waals surface area contributed by atoms with Crippen LogP contribution in [0.1, 0.15) is 34.8 Å².